The number of hydrogen-bond acceptors (Lipinski definition) is 8. The van der Waals surface area contributed by atoms with E-state index < -0.39 is 0 Å². The molecule has 0 aliphatic heterocycles. The zero-order valence-corrected chi connectivity index (χ0v) is 39.5. The molecule has 1 rings (SSSR count). The molecule has 1 aromatic rings. The summed E-state index contributed by atoms with van der Waals surface area (Å²) in [7, 11) is 0. The molecule has 9 heteroatoms. The molecule has 0 amide bonds. The Kier molecular flexibility index (Phi) is 39.2. The van der Waals surface area contributed by atoms with Gasteiger partial charge in [-0.05, 0) is 62.0 Å². The highest BCUT2D eigenvalue weighted by Crippen LogP contribution is 2.24. The van der Waals surface area contributed by atoms with Crippen molar-refractivity contribution in [3.63, 3.8) is 0 Å². The predicted octanol–water partition coefficient (Wildman–Crippen LogP) is 13.6. The maximum Gasteiger partial charge on any atom is 0.307 e. The van der Waals surface area contributed by atoms with E-state index in [1.54, 1.807) is 6.20 Å². The third-order valence-electron chi connectivity index (χ3n) is 11.3. The maximum absolute atomic E-state index is 12.8. The molecule has 0 N–H and O–H groups in total. The van der Waals surface area contributed by atoms with Gasteiger partial charge in [-0.1, -0.05) is 156 Å². The number of imidazole rings is 1. The molecule has 0 bridgehead atoms. The molecule has 0 spiro atoms. The lowest BCUT2D eigenvalue weighted by atomic mass is 9.96. The van der Waals surface area contributed by atoms with Gasteiger partial charge in [0, 0.05) is 43.5 Å². The van der Waals surface area contributed by atoms with Crippen LogP contribution in [0.15, 0.2) is 18.7 Å². The number of nitrogens with zero attached hydrogens (tertiary/aromatic N) is 3. The average molecular weight is 838 g/mol. The number of carbonyl (C=O) groups excluding carboxylic acids is 2. The van der Waals surface area contributed by atoms with Crippen LogP contribution in [0.25, 0.3) is 0 Å². The molecular weight excluding hydrogens is 747 g/mol. The van der Waals surface area contributed by atoms with E-state index in [4.69, 9.17) is 9.47 Å². The minimum Gasteiger partial charge on any atom is -0.465 e. The minimum absolute atomic E-state index is 0.141. The van der Waals surface area contributed by atoms with Gasteiger partial charge in [-0.25, -0.2) is 4.98 Å². The number of esters is 2. The van der Waals surface area contributed by atoms with Gasteiger partial charge in [-0.15, -0.1) is 0 Å². The van der Waals surface area contributed by atoms with Gasteiger partial charge in [0.2, 0.25) is 0 Å². The van der Waals surface area contributed by atoms with Crippen LogP contribution in [-0.2, 0) is 25.6 Å². The number of ether oxygens (including phenoxy) is 2. The van der Waals surface area contributed by atoms with E-state index in [0.717, 1.165) is 42.9 Å². The molecule has 0 radical (unpaired) electrons. The monoisotopic (exact) mass is 838 g/mol. The Morgan fingerprint density at radius 1 is 0.561 bits per heavy atom. The second-order valence-electron chi connectivity index (χ2n) is 16.6. The smallest absolute Gasteiger partial charge is 0.307 e. The Balaban J connectivity index is 2.41. The molecular formula is C48H91N3O4S2. The van der Waals surface area contributed by atoms with Crippen molar-refractivity contribution >= 4 is 35.5 Å². The highest BCUT2D eigenvalue weighted by molar-refractivity contribution is 7.99. The summed E-state index contributed by atoms with van der Waals surface area (Å²) in [5.74, 6) is 5.38. The van der Waals surface area contributed by atoms with Crippen LogP contribution < -0.4 is 0 Å². The fourth-order valence-corrected chi connectivity index (χ4v) is 9.64. The highest BCUT2D eigenvalue weighted by atomic mass is 32.2. The summed E-state index contributed by atoms with van der Waals surface area (Å²) >= 11 is 3.91. The van der Waals surface area contributed by atoms with E-state index in [1.807, 2.05) is 36.0 Å². The third kappa shape index (κ3) is 35.3. The first kappa shape index (κ1) is 53.8. The van der Waals surface area contributed by atoms with Crippen LogP contribution in [0.4, 0.5) is 0 Å². The number of aryl methyl sites for hydroxylation is 1. The molecule has 2 atom stereocenters. The van der Waals surface area contributed by atoms with Gasteiger partial charge in [0.25, 0.3) is 0 Å². The lowest BCUT2D eigenvalue weighted by Crippen LogP contribution is -2.31. The van der Waals surface area contributed by atoms with Gasteiger partial charge in [0.05, 0.1) is 19.2 Å². The van der Waals surface area contributed by atoms with Crippen molar-refractivity contribution in [3.05, 3.63) is 18.7 Å². The van der Waals surface area contributed by atoms with Crippen molar-refractivity contribution in [1.29, 1.82) is 0 Å². The highest BCUT2D eigenvalue weighted by Gasteiger charge is 2.14. The third-order valence-corrected chi connectivity index (χ3v) is 13.6. The van der Waals surface area contributed by atoms with Crippen LogP contribution in [0.2, 0.25) is 0 Å². The topological polar surface area (TPSA) is 73.7 Å². The van der Waals surface area contributed by atoms with Crippen molar-refractivity contribution in [2.75, 3.05) is 55.9 Å². The van der Waals surface area contributed by atoms with E-state index >= 15 is 0 Å². The van der Waals surface area contributed by atoms with Crippen molar-refractivity contribution in [2.45, 2.75) is 208 Å². The van der Waals surface area contributed by atoms with Gasteiger partial charge in [-0.2, -0.15) is 23.5 Å². The number of unbranched alkanes of at least 4 members (excludes halogenated alkanes) is 16. The van der Waals surface area contributed by atoms with Crippen LogP contribution in [0, 0.1) is 11.8 Å². The second-order valence-corrected chi connectivity index (χ2v) is 18.9. The summed E-state index contributed by atoms with van der Waals surface area (Å²) in [5, 5.41) is 0. The van der Waals surface area contributed by atoms with E-state index in [-0.39, 0.29) is 11.9 Å². The minimum atomic E-state index is -0.141. The second kappa shape index (κ2) is 41.5. The van der Waals surface area contributed by atoms with Gasteiger partial charge >= 0.3 is 11.9 Å². The maximum atomic E-state index is 12.8. The summed E-state index contributed by atoms with van der Waals surface area (Å²) in [5.41, 5.74) is 0. The normalized spacial score (nSPS) is 12.6. The lowest BCUT2D eigenvalue weighted by molar-refractivity contribution is -0.143. The quantitative estimate of drug-likeness (QED) is 0.0475. The Morgan fingerprint density at radius 3 is 1.37 bits per heavy atom. The van der Waals surface area contributed by atoms with Crippen LogP contribution in [-0.4, -0.2) is 82.2 Å². The number of rotatable bonds is 44. The molecule has 57 heavy (non-hydrogen) atoms. The Hall–Kier alpha value is -1.19. The zero-order valence-electron chi connectivity index (χ0n) is 37.8. The summed E-state index contributed by atoms with van der Waals surface area (Å²) in [6.45, 7) is 12.9. The fourth-order valence-electron chi connectivity index (χ4n) is 7.57. The molecule has 0 aliphatic rings. The van der Waals surface area contributed by atoms with E-state index in [0.29, 0.717) is 39.1 Å². The van der Waals surface area contributed by atoms with Crippen LogP contribution in [0.1, 0.15) is 201 Å². The first-order chi connectivity index (χ1) is 28.0. The number of carbonyl (C=O) groups is 2. The van der Waals surface area contributed by atoms with E-state index in [9.17, 15) is 9.59 Å². The number of aromatic nitrogens is 2. The van der Waals surface area contributed by atoms with Gasteiger partial charge < -0.3 is 18.9 Å². The van der Waals surface area contributed by atoms with Crippen LogP contribution >= 0.6 is 23.5 Å². The molecule has 2 unspecified atom stereocenters. The van der Waals surface area contributed by atoms with Gasteiger partial charge in [0.15, 0.2) is 0 Å². The first-order valence-electron chi connectivity index (χ1n) is 24.2. The van der Waals surface area contributed by atoms with Gasteiger partial charge in [0.1, 0.15) is 13.2 Å². The molecule has 1 heterocycles. The molecule has 334 valence electrons. The first-order valence-corrected chi connectivity index (χ1v) is 26.5. The molecule has 0 fully saturated rings. The SMILES string of the molecule is CCCCCCCCC(CCCCCC)CSCCOC(=O)CCN(CCCn1ccnc1)CCC(=O)OCCSCC(CCCCCC)CCCCCCCC. The summed E-state index contributed by atoms with van der Waals surface area (Å²) in [6, 6.07) is 0. The molecule has 7 nitrogen and oxygen atoms in total. The van der Waals surface area contributed by atoms with E-state index in [2.05, 4.69) is 42.1 Å². The largest absolute Gasteiger partial charge is 0.465 e. The number of thioether (sulfide) groups is 2. The molecule has 0 aromatic carbocycles. The lowest BCUT2D eigenvalue weighted by Gasteiger charge is -2.22. The van der Waals surface area contributed by atoms with Crippen molar-refractivity contribution < 1.29 is 19.1 Å². The summed E-state index contributed by atoms with van der Waals surface area (Å²) < 4.78 is 13.4. The Labute approximate surface area is 361 Å². The van der Waals surface area contributed by atoms with Crippen molar-refractivity contribution in [1.82, 2.24) is 14.5 Å². The molecule has 0 saturated heterocycles. The standard InChI is InChI=1S/C48H91N3O4S2/c1-5-9-13-17-19-23-28-45(26-21-15-11-7-3)42-56-40-38-54-47(52)30-35-50(33-25-34-51-37-32-49-44-51)36-31-48(53)55-39-41-57-43-46(27-22-16-12-8-4)29-24-20-18-14-10-6-2/h32,37,44-46H,5-31,33-36,38-43H2,1-4H3. The number of hydrogen-bond donors (Lipinski definition) is 0. The predicted molar refractivity (Wildman–Crippen MR) is 250 cm³/mol. The van der Waals surface area contributed by atoms with Gasteiger partial charge in [-0.3, -0.25) is 9.59 Å². The van der Waals surface area contributed by atoms with Crippen LogP contribution in [0.5, 0.6) is 0 Å². The average Bonchev–Trinajstić information content (AvgIpc) is 3.74. The Morgan fingerprint density at radius 2 is 0.965 bits per heavy atom. The van der Waals surface area contributed by atoms with E-state index in [1.165, 1.54) is 166 Å². The molecule has 1 aromatic heterocycles. The fraction of sp³-hybridized carbons (Fsp3) is 0.896. The molecule has 0 saturated carbocycles. The van der Waals surface area contributed by atoms with Crippen LogP contribution in [0.3, 0.4) is 0 Å². The van der Waals surface area contributed by atoms with Crippen molar-refractivity contribution in [2.24, 2.45) is 11.8 Å². The Bertz CT molecular complexity index is 940. The van der Waals surface area contributed by atoms with Crippen molar-refractivity contribution in [3.8, 4) is 0 Å². The zero-order chi connectivity index (χ0) is 41.3. The summed E-state index contributed by atoms with van der Waals surface area (Å²) in [4.78, 5) is 31.9. The molecule has 0 aliphatic carbocycles. The summed E-state index contributed by atoms with van der Waals surface area (Å²) in [6.07, 6.45) is 39.6.